The number of hydrogen-bond donors (Lipinski definition) is 2. The molecule has 1 aliphatic carbocycles. The third kappa shape index (κ3) is 5.20. The molecule has 1 fully saturated rings. The van der Waals surface area contributed by atoms with Crippen LogP contribution in [0.3, 0.4) is 0 Å². The number of rotatable bonds is 8. The van der Waals surface area contributed by atoms with Gasteiger partial charge in [-0.25, -0.2) is 0 Å². The average molecular weight is 380 g/mol. The fraction of sp³-hybridized carbons (Fsp3) is 0.391. The topological polar surface area (TPSA) is 75.4 Å². The number of carbonyl (C=O) groups is 2. The van der Waals surface area contributed by atoms with E-state index in [9.17, 15) is 9.59 Å². The van der Waals surface area contributed by atoms with E-state index >= 15 is 0 Å². The fourth-order valence-corrected chi connectivity index (χ4v) is 3.35. The Morgan fingerprint density at radius 2 is 1.79 bits per heavy atom. The minimum Gasteiger partial charge on any atom is -0.366 e. The Morgan fingerprint density at radius 3 is 2.36 bits per heavy atom. The van der Waals surface area contributed by atoms with Crippen LogP contribution < -0.4 is 11.1 Å². The van der Waals surface area contributed by atoms with Gasteiger partial charge in [0.1, 0.15) is 0 Å². The van der Waals surface area contributed by atoms with Gasteiger partial charge in [0, 0.05) is 18.2 Å². The number of nitrogens with zero attached hydrogens (tertiary/aromatic N) is 1. The minimum absolute atomic E-state index is 0.0253. The normalized spacial score (nSPS) is 14.7. The molecule has 0 saturated heterocycles. The van der Waals surface area contributed by atoms with Gasteiger partial charge in [-0.3, -0.25) is 14.5 Å². The van der Waals surface area contributed by atoms with Crippen LogP contribution in [0.1, 0.15) is 58.4 Å². The molecule has 1 saturated carbocycles. The summed E-state index contributed by atoms with van der Waals surface area (Å²) in [6, 6.07) is 14.0. The molecular formula is C23H29N3O2. The molecule has 0 bridgehead atoms. The SMILES string of the molecule is Cc1ccc(C(C)NC(=O)CN(Cc2ccc(C(N)=O)cc2)C2CC2)cc1C. The second-order valence-electron chi connectivity index (χ2n) is 7.83. The van der Waals surface area contributed by atoms with E-state index in [1.165, 1.54) is 11.1 Å². The van der Waals surface area contributed by atoms with Crippen molar-refractivity contribution in [2.75, 3.05) is 6.54 Å². The van der Waals surface area contributed by atoms with E-state index in [1.807, 2.05) is 19.1 Å². The Bertz CT molecular complexity index is 857. The first kappa shape index (κ1) is 20.1. The van der Waals surface area contributed by atoms with Crippen LogP contribution >= 0.6 is 0 Å². The summed E-state index contributed by atoms with van der Waals surface area (Å²) in [4.78, 5) is 26.1. The smallest absolute Gasteiger partial charge is 0.248 e. The molecule has 3 N–H and O–H groups in total. The lowest BCUT2D eigenvalue weighted by Gasteiger charge is -2.23. The molecule has 1 unspecified atom stereocenters. The molecule has 2 amide bonds. The van der Waals surface area contributed by atoms with Crippen LogP contribution in [0, 0.1) is 13.8 Å². The summed E-state index contributed by atoms with van der Waals surface area (Å²) in [5, 5.41) is 3.12. The molecule has 2 aromatic carbocycles. The van der Waals surface area contributed by atoms with Crippen molar-refractivity contribution in [3.8, 4) is 0 Å². The standard InChI is InChI=1S/C23H29N3O2/c1-15-4-7-20(12-16(15)2)17(3)25-22(27)14-26(21-10-11-21)13-18-5-8-19(9-6-18)23(24)28/h4-9,12,17,21H,10-11,13-14H2,1-3H3,(H2,24,28)(H,25,27). The number of nitrogens with one attached hydrogen (secondary N) is 1. The summed E-state index contributed by atoms with van der Waals surface area (Å²) in [6.45, 7) is 7.26. The van der Waals surface area contributed by atoms with Gasteiger partial charge in [0.2, 0.25) is 11.8 Å². The third-order valence-corrected chi connectivity index (χ3v) is 5.44. The highest BCUT2D eigenvalue weighted by Gasteiger charge is 2.30. The molecule has 0 heterocycles. The highest BCUT2D eigenvalue weighted by molar-refractivity contribution is 5.92. The van der Waals surface area contributed by atoms with E-state index in [1.54, 1.807) is 12.1 Å². The molecule has 2 aromatic rings. The predicted octanol–water partition coefficient (Wildman–Crippen LogP) is 3.24. The fourth-order valence-electron chi connectivity index (χ4n) is 3.35. The Labute approximate surface area is 166 Å². The number of hydrogen-bond acceptors (Lipinski definition) is 3. The van der Waals surface area contributed by atoms with Crippen molar-refractivity contribution in [2.24, 2.45) is 5.73 Å². The number of nitrogens with two attached hydrogens (primary N) is 1. The molecular weight excluding hydrogens is 350 g/mol. The first-order chi connectivity index (χ1) is 13.3. The highest BCUT2D eigenvalue weighted by Crippen LogP contribution is 2.28. The largest absolute Gasteiger partial charge is 0.366 e. The van der Waals surface area contributed by atoms with Crippen LogP contribution in [0.2, 0.25) is 0 Å². The van der Waals surface area contributed by atoms with Crippen molar-refractivity contribution in [1.82, 2.24) is 10.2 Å². The highest BCUT2D eigenvalue weighted by atomic mass is 16.2. The summed E-state index contributed by atoms with van der Waals surface area (Å²) in [5.74, 6) is -0.392. The predicted molar refractivity (Wildman–Crippen MR) is 111 cm³/mol. The van der Waals surface area contributed by atoms with Crippen LogP contribution in [0.25, 0.3) is 0 Å². The summed E-state index contributed by atoms with van der Waals surface area (Å²) in [6.07, 6.45) is 2.25. The van der Waals surface area contributed by atoms with Crippen LogP contribution in [-0.4, -0.2) is 29.3 Å². The number of amides is 2. The lowest BCUT2D eigenvalue weighted by molar-refractivity contribution is -0.123. The van der Waals surface area contributed by atoms with Gasteiger partial charge in [0.25, 0.3) is 0 Å². The zero-order valence-corrected chi connectivity index (χ0v) is 16.9. The molecule has 0 radical (unpaired) electrons. The zero-order valence-electron chi connectivity index (χ0n) is 16.9. The van der Waals surface area contributed by atoms with E-state index in [-0.39, 0.29) is 11.9 Å². The number of aryl methyl sites for hydroxylation is 2. The summed E-state index contributed by atoms with van der Waals surface area (Å²) >= 11 is 0. The van der Waals surface area contributed by atoms with Crippen molar-refractivity contribution in [1.29, 1.82) is 0 Å². The number of primary amides is 1. The third-order valence-electron chi connectivity index (χ3n) is 5.44. The van der Waals surface area contributed by atoms with Gasteiger partial charge in [-0.05, 0) is 68.0 Å². The Kier molecular flexibility index (Phi) is 6.15. The molecule has 28 heavy (non-hydrogen) atoms. The maximum atomic E-state index is 12.6. The Morgan fingerprint density at radius 1 is 1.11 bits per heavy atom. The number of benzene rings is 2. The second kappa shape index (κ2) is 8.57. The molecule has 1 atom stereocenters. The van der Waals surface area contributed by atoms with E-state index < -0.39 is 5.91 Å². The van der Waals surface area contributed by atoms with Gasteiger partial charge < -0.3 is 11.1 Å². The Hall–Kier alpha value is -2.66. The van der Waals surface area contributed by atoms with Gasteiger partial charge in [0.15, 0.2) is 0 Å². The lowest BCUT2D eigenvalue weighted by atomic mass is 10.0. The van der Waals surface area contributed by atoms with Crippen LogP contribution in [-0.2, 0) is 11.3 Å². The van der Waals surface area contributed by atoms with Crippen molar-refractivity contribution >= 4 is 11.8 Å². The van der Waals surface area contributed by atoms with E-state index in [0.29, 0.717) is 24.7 Å². The van der Waals surface area contributed by atoms with Crippen LogP contribution in [0.5, 0.6) is 0 Å². The monoisotopic (exact) mass is 379 g/mol. The Balaban J connectivity index is 1.59. The maximum absolute atomic E-state index is 12.6. The summed E-state index contributed by atoms with van der Waals surface area (Å²) in [5.41, 5.74) is 10.5. The quantitative estimate of drug-likeness (QED) is 0.739. The van der Waals surface area contributed by atoms with E-state index in [4.69, 9.17) is 5.73 Å². The van der Waals surface area contributed by atoms with Crippen LogP contribution in [0.4, 0.5) is 0 Å². The van der Waals surface area contributed by atoms with Crippen molar-refractivity contribution in [3.05, 3.63) is 70.3 Å². The summed E-state index contributed by atoms with van der Waals surface area (Å²) in [7, 11) is 0. The summed E-state index contributed by atoms with van der Waals surface area (Å²) < 4.78 is 0. The second-order valence-corrected chi connectivity index (χ2v) is 7.83. The molecule has 3 rings (SSSR count). The van der Waals surface area contributed by atoms with E-state index in [0.717, 1.165) is 24.0 Å². The average Bonchev–Trinajstić information content (AvgIpc) is 3.49. The first-order valence-electron chi connectivity index (χ1n) is 9.83. The molecule has 5 nitrogen and oxygen atoms in total. The minimum atomic E-state index is -0.426. The van der Waals surface area contributed by atoms with Gasteiger partial charge in [-0.1, -0.05) is 30.3 Å². The maximum Gasteiger partial charge on any atom is 0.248 e. The molecule has 0 spiro atoms. The molecule has 0 aromatic heterocycles. The van der Waals surface area contributed by atoms with Crippen molar-refractivity contribution < 1.29 is 9.59 Å². The molecule has 1 aliphatic rings. The number of carbonyl (C=O) groups excluding carboxylic acids is 2. The van der Waals surface area contributed by atoms with Gasteiger partial charge in [-0.15, -0.1) is 0 Å². The van der Waals surface area contributed by atoms with Gasteiger partial charge >= 0.3 is 0 Å². The first-order valence-corrected chi connectivity index (χ1v) is 9.83. The van der Waals surface area contributed by atoms with Gasteiger partial charge in [0.05, 0.1) is 12.6 Å². The van der Waals surface area contributed by atoms with E-state index in [2.05, 4.69) is 42.3 Å². The van der Waals surface area contributed by atoms with Crippen molar-refractivity contribution in [3.63, 3.8) is 0 Å². The molecule has 148 valence electrons. The molecule has 5 heteroatoms. The van der Waals surface area contributed by atoms with Gasteiger partial charge in [-0.2, -0.15) is 0 Å². The van der Waals surface area contributed by atoms with Crippen LogP contribution in [0.15, 0.2) is 42.5 Å². The molecule has 0 aliphatic heterocycles. The zero-order chi connectivity index (χ0) is 20.3. The lowest BCUT2D eigenvalue weighted by Crippen LogP contribution is -2.39. The van der Waals surface area contributed by atoms with Crippen molar-refractivity contribution in [2.45, 2.75) is 52.2 Å².